The second-order valence-corrected chi connectivity index (χ2v) is 4.58. The van der Waals surface area contributed by atoms with Gasteiger partial charge in [0.1, 0.15) is 0 Å². The van der Waals surface area contributed by atoms with E-state index >= 15 is 0 Å². The number of hydrogen-bond acceptors (Lipinski definition) is 3. The van der Waals surface area contributed by atoms with Gasteiger partial charge in [0.25, 0.3) is 5.91 Å². The van der Waals surface area contributed by atoms with Crippen LogP contribution >= 0.6 is 11.6 Å². The van der Waals surface area contributed by atoms with Gasteiger partial charge in [-0.1, -0.05) is 11.6 Å². The maximum Gasteiger partial charge on any atom is 0.307 e. The Bertz CT molecular complexity index is 474. The Morgan fingerprint density at radius 1 is 1.37 bits per heavy atom. The van der Waals surface area contributed by atoms with Crippen LogP contribution < -0.4 is 0 Å². The van der Waals surface area contributed by atoms with Gasteiger partial charge in [0, 0.05) is 23.7 Å². The van der Waals surface area contributed by atoms with E-state index < -0.39 is 0 Å². The number of amides is 1. The Morgan fingerprint density at radius 3 is 2.58 bits per heavy atom. The molecule has 0 N–H and O–H groups in total. The predicted octanol–water partition coefficient (Wildman–Crippen LogP) is 2.67. The molecule has 0 aliphatic carbocycles. The number of carbonyl (C=O) groups excluding carboxylic acids is 2. The van der Waals surface area contributed by atoms with Crippen LogP contribution in [0, 0.1) is 6.92 Å². The standard InChI is InChI=1S/C14H18ClNO3/c1-4-16(8-7-13(17)19-3)14(18)11-5-6-12(15)10(2)9-11/h5-6,9H,4,7-8H2,1-3H3. The quantitative estimate of drug-likeness (QED) is 0.781. The van der Waals surface area contributed by atoms with Gasteiger partial charge >= 0.3 is 5.97 Å². The highest BCUT2D eigenvalue weighted by Crippen LogP contribution is 2.17. The summed E-state index contributed by atoms with van der Waals surface area (Å²) in [7, 11) is 1.34. The molecule has 1 aromatic carbocycles. The first-order chi connectivity index (χ1) is 8.99. The van der Waals surface area contributed by atoms with Crippen LogP contribution in [-0.4, -0.2) is 37.0 Å². The predicted molar refractivity (Wildman–Crippen MR) is 74.4 cm³/mol. The molecule has 0 radical (unpaired) electrons. The van der Waals surface area contributed by atoms with Gasteiger partial charge in [0.15, 0.2) is 0 Å². The lowest BCUT2D eigenvalue weighted by molar-refractivity contribution is -0.140. The maximum absolute atomic E-state index is 12.3. The number of aryl methyl sites for hydroxylation is 1. The van der Waals surface area contributed by atoms with Crippen LogP contribution in [-0.2, 0) is 9.53 Å². The molecule has 0 heterocycles. The smallest absolute Gasteiger partial charge is 0.307 e. The number of halogens is 1. The van der Waals surface area contributed by atoms with E-state index in [-0.39, 0.29) is 18.3 Å². The number of carbonyl (C=O) groups is 2. The molecule has 0 aliphatic heterocycles. The average Bonchev–Trinajstić information content (AvgIpc) is 2.41. The Hall–Kier alpha value is -1.55. The molecule has 0 unspecified atom stereocenters. The van der Waals surface area contributed by atoms with E-state index in [1.807, 2.05) is 13.8 Å². The summed E-state index contributed by atoms with van der Waals surface area (Å²) in [5.41, 5.74) is 1.44. The lowest BCUT2D eigenvalue weighted by Gasteiger charge is -2.20. The lowest BCUT2D eigenvalue weighted by atomic mass is 10.1. The minimum absolute atomic E-state index is 0.105. The van der Waals surface area contributed by atoms with Gasteiger partial charge in [0.2, 0.25) is 0 Å². The minimum Gasteiger partial charge on any atom is -0.469 e. The average molecular weight is 284 g/mol. The Morgan fingerprint density at radius 2 is 2.05 bits per heavy atom. The molecule has 19 heavy (non-hydrogen) atoms. The number of rotatable bonds is 5. The van der Waals surface area contributed by atoms with Crippen LogP contribution in [0.25, 0.3) is 0 Å². The third-order valence-electron chi connectivity index (χ3n) is 2.89. The maximum atomic E-state index is 12.3. The van der Waals surface area contributed by atoms with Crippen LogP contribution in [0.5, 0.6) is 0 Å². The highest BCUT2D eigenvalue weighted by atomic mass is 35.5. The molecule has 0 spiro atoms. The van der Waals surface area contributed by atoms with Gasteiger partial charge in [0.05, 0.1) is 13.5 Å². The van der Waals surface area contributed by atoms with E-state index in [0.717, 1.165) is 5.56 Å². The van der Waals surface area contributed by atoms with Gasteiger partial charge in [-0.2, -0.15) is 0 Å². The number of benzene rings is 1. The van der Waals surface area contributed by atoms with Crippen molar-refractivity contribution in [2.75, 3.05) is 20.2 Å². The fourth-order valence-electron chi connectivity index (χ4n) is 1.69. The number of hydrogen-bond donors (Lipinski definition) is 0. The van der Waals surface area contributed by atoms with Crippen molar-refractivity contribution >= 4 is 23.5 Å². The third-order valence-corrected chi connectivity index (χ3v) is 3.31. The molecule has 1 amide bonds. The first kappa shape index (κ1) is 15.5. The molecule has 0 atom stereocenters. The number of ether oxygens (including phenoxy) is 1. The van der Waals surface area contributed by atoms with Gasteiger partial charge < -0.3 is 9.64 Å². The summed E-state index contributed by atoms with van der Waals surface area (Å²) in [6.07, 6.45) is 0.197. The molecule has 0 fully saturated rings. The number of nitrogens with zero attached hydrogens (tertiary/aromatic N) is 1. The van der Waals surface area contributed by atoms with Crippen LogP contribution in [0.3, 0.4) is 0 Å². The summed E-state index contributed by atoms with van der Waals surface area (Å²) in [6, 6.07) is 5.15. The molecule has 0 saturated carbocycles. The highest BCUT2D eigenvalue weighted by molar-refractivity contribution is 6.31. The third kappa shape index (κ3) is 4.24. The van der Waals surface area contributed by atoms with E-state index in [2.05, 4.69) is 4.74 Å². The van der Waals surface area contributed by atoms with E-state index in [0.29, 0.717) is 23.7 Å². The number of methoxy groups -OCH3 is 1. The van der Waals surface area contributed by atoms with Gasteiger partial charge in [-0.05, 0) is 37.6 Å². The summed E-state index contributed by atoms with van der Waals surface area (Å²) >= 11 is 5.93. The summed E-state index contributed by atoms with van der Waals surface area (Å²) in [5, 5.41) is 0.633. The van der Waals surface area contributed by atoms with Gasteiger partial charge in [-0.15, -0.1) is 0 Å². The van der Waals surface area contributed by atoms with Crippen molar-refractivity contribution in [2.24, 2.45) is 0 Å². The van der Waals surface area contributed by atoms with Crippen molar-refractivity contribution in [1.82, 2.24) is 4.90 Å². The SMILES string of the molecule is CCN(CCC(=O)OC)C(=O)c1ccc(Cl)c(C)c1. The van der Waals surface area contributed by atoms with Crippen molar-refractivity contribution < 1.29 is 14.3 Å². The lowest BCUT2D eigenvalue weighted by Crippen LogP contribution is -2.33. The van der Waals surface area contributed by atoms with Crippen molar-refractivity contribution in [1.29, 1.82) is 0 Å². The van der Waals surface area contributed by atoms with Crippen LogP contribution in [0.4, 0.5) is 0 Å². The monoisotopic (exact) mass is 283 g/mol. The van der Waals surface area contributed by atoms with E-state index in [1.165, 1.54) is 7.11 Å². The molecule has 1 rings (SSSR count). The van der Waals surface area contributed by atoms with Crippen molar-refractivity contribution in [3.05, 3.63) is 34.3 Å². The molecule has 0 aromatic heterocycles. The zero-order chi connectivity index (χ0) is 14.4. The summed E-state index contributed by atoms with van der Waals surface area (Å²) < 4.78 is 4.57. The Labute approximate surface area is 118 Å². The van der Waals surface area contributed by atoms with Crippen molar-refractivity contribution in [3.8, 4) is 0 Å². The second-order valence-electron chi connectivity index (χ2n) is 4.17. The zero-order valence-electron chi connectivity index (χ0n) is 11.4. The van der Waals surface area contributed by atoms with Gasteiger partial charge in [-0.3, -0.25) is 9.59 Å². The van der Waals surface area contributed by atoms with Crippen molar-refractivity contribution in [3.63, 3.8) is 0 Å². The fourth-order valence-corrected chi connectivity index (χ4v) is 1.81. The molecule has 4 nitrogen and oxygen atoms in total. The molecule has 1 aromatic rings. The summed E-state index contributed by atoms with van der Waals surface area (Å²) in [5.74, 6) is -0.426. The normalized spacial score (nSPS) is 10.1. The van der Waals surface area contributed by atoms with E-state index in [4.69, 9.17) is 11.6 Å². The highest BCUT2D eigenvalue weighted by Gasteiger charge is 2.16. The summed E-state index contributed by atoms with van der Waals surface area (Å²) in [6.45, 7) is 4.61. The van der Waals surface area contributed by atoms with E-state index in [1.54, 1.807) is 23.1 Å². The van der Waals surface area contributed by atoms with Crippen LogP contribution in [0.1, 0.15) is 29.3 Å². The second kappa shape index (κ2) is 7.14. The first-order valence-electron chi connectivity index (χ1n) is 6.11. The van der Waals surface area contributed by atoms with Crippen LogP contribution in [0.15, 0.2) is 18.2 Å². The molecule has 0 saturated heterocycles. The minimum atomic E-state index is -0.321. The topological polar surface area (TPSA) is 46.6 Å². The molecular weight excluding hydrogens is 266 g/mol. The van der Waals surface area contributed by atoms with E-state index in [9.17, 15) is 9.59 Å². The molecular formula is C14H18ClNO3. The number of esters is 1. The van der Waals surface area contributed by atoms with Crippen LogP contribution in [0.2, 0.25) is 5.02 Å². The van der Waals surface area contributed by atoms with Crippen molar-refractivity contribution in [2.45, 2.75) is 20.3 Å². The first-order valence-corrected chi connectivity index (χ1v) is 6.49. The molecule has 0 bridgehead atoms. The molecule has 5 heteroatoms. The largest absolute Gasteiger partial charge is 0.469 e. The van der Waals surface area contributed by atoms with Gasteiger partial charge in [-0.25, -0.2) is 0 Å². The zero-order valence-corrected chi connectivity index (χ0v) is 12.2. The fraction of sp³-hybridized carbons (Fsp3) is 0.429. The summed E-state index contributed by atoms with van der Waals surface area (Å²) in [4.78, 5) is 25.0. The molecule has 0 aliphatic rings. The Balaban J connectivity index is 2.77. The Kier molecular flexibility index (Phi) is 5.83. The molecule has 104 valence electrons.